The Morgan fingerprint density at radius 3 is 2.93 bits per heavy atom. The summed E-state index contributed by atoms with van der Waals surface area (Å²) in [5.74, 6) is 0.421. The standard InChI is InChI=1S/C10H11BrO3/c1-7(6-11)5-8-3-4-9(14-8)10(12)13-2/h3-5H,6H2,1-2H3. The van der Waals surface area contributed by atoms with Gasteiger partial charge in [0.15, 0.2) is 0 Å². The average Bonchev–Trinajstić information content (AvgIpc) is 2.65. The molecule has 0 fully saturated rings. The third-order valence-electron chi connectivity index (χ3n) is 1.61. The van der Waals surface area contributed by atoms with Gasteiger partial charge in [0.05, 0.1) is 7.11 Å². The van der Waals surface area contributed by atoms with Gasteiger partial charge in [-0.3, -0.25) is 0 Å². The number of rotatable bonds is 3. The van der Waals surface area contributed by atoms with Crippen molar-refractivity contribution in [3.63, 3.8) is 0 Å². The highest BCUT2D eigenvalue weighted by atomic mass is 79.9. The van der Waals surface area contributed by atoms with Crippen LogP contribution < -0.4 is 0 Å². The van der Waals surface area contributed by atoms with Crippen LogP contribution in [-0.2, 0) is 4.74 Å². The third kappa shape index (κ3) is 2.73. The predicted molar refractivity (Wildman–Crippen MR) is 57.5 cm³/mol. The van der Waals surface area contributed by atoms with Gasteiger partial charge < -0.3 is 9.15 Å². The van der Waals surface area contributed by atoms with Crippen molar-refractivity contribution in [1.82, 2.24) is 0 Å². The second-order valence-corrected chi connectivity index (χ2v) is 3.38. The molecule has 14 heavy (non-hydrogen) atoms. The number of carbonyl (C=O) groups excluding carboxylic acids is 1. The molecule has 0 N–H and O–H groups in total. The van der Waals surface area contributed by atoms with Gasteiger partial charge in [0.2, 0.25) is 5.76 Å². The zero-order valence-electron chi connectivity index (χ0n) is 8.04. The summed E-state index contributed by atoms with van der Waals surface area (Å²) in [7, 11) is 1.32. The summed E-state index contributed by atoms with van der Waals surface area (Å²) in [5.41, 5.74) is 1.12. The Morgan fingerprint density at radius 2 is 2.36 bits per heavy atom. The fourth-order valence-corrected chi connectivity index (χ4v) is 1.08. The van der Waals surface area contributed by atoms with Crippen LogP contribution in [0.15, 0.2) is 22.1 Å². The van der Waals surface area contributed by atoms with E-state index in [4.69, 9.17) is 4.42 Å². The molecule has 0 aliphatic heterocycles. The molecule has 0 unspecified atom stereocenters. The van der Waals surface area contributed by atoms with E-state index in [1.807, 2.05) is 13.0 Å². The molecule has 0 bridgehead atoms. The molecule has 1 heterocycles. The van der Waals surface area contributed by atoms with Gasteiger partial charge in [-0.2, -0.15) is 0 Å². The number of methoxy groups -OCH3 is 1. The summed E-state index contributed by atoms with van der Waals surface area (Å²) < 4.78 is 9.76. The third-order valence-corrected chi connectivity index (χ3v) is 2.50. The fraction of sp³-hybridized carbons (Fsp3) is 0.300. The number of halogens is 1. The molecule has 4 heteroatoms. The van der Waals surface area contributed by atoms with Crippen molar-refractivity contribution in [3.05, 3.63) is 29.2 Å². The lowest BCUT2D eigenvalue weighted by molar-refractivity contribution is 0.0564. The molecule has 76 valence electrons. The molecule has 0 saturated heterocycles. The first-order valence-electron chi connectivity index (χ1n) is 4.08. The lowest BCUT2D eigenvalue weighted by atomic mass is 10.3. The zero-order chi connectivity index (χ0) is 10.6. The minimum Gasteiger partial charge on any atom is -0.463 e. The minimum absolute atomic E-state index is 0.223. The van der Waals surface area contributed by atoms with Crippen molar-refractivity contribution in [2.45, 2.75) is 6.92 Å². The summed E-state index contributed by atoms with van der Waals surface area (Å²) in [4.78, 5) is 11.0. The molecule has 0 spiro atoms. The molecule has 0 amide bonds. The van der Waals surface area contributed by atoms with E-state index in [2.05, 4.69) is 20.7 Å². The molecular weight excluding hydrogens is 248 g/mol. The smallest absolute Gasteiger partial charge is 0.373 e. The molecule has 1 aromatic rings. The number of alkyl halides is 1. The van der Waals surface area contributed by atoms with Gasteiger partial charge in [-0.15, -0.1) is 0 Å². The van der Waals surface area contributed by atoms with Crippen molar-refractivity contribution < 1.29 is 13.9 Å². The lowest BCUT2D eigenvalue weighted by Crippen LogP contribution is -1.98. The zero-order valence-corrected chi connectivity index (χ0v) is 9.63. The molecule has 1 aromatic heterocycles. The number of furan rings is 1. The fourth-order valence-electron chi connectivity index (χ4n) is 0.922. The number of hydrogen-bond acceptors (Lipinski definition) is 3. The predicted octanol–water partition coefficient (Wildman–Crippen LogP) is 2.86. The highest BCUT2D eigenvalue weighted by Gasteiger charge is 2.09. The highest BCUT2D eigenvalue weighted by molar-refractivity contribution is 9.09. The molecule has 0 aromatic carbocycles. The van der Waals surface area contributed by atoms with Crippen LogP contribution in [0.5, 0.6) is 0 Å². The van der Waals surface area contributed by atoms with E-state index >= 15 is 0 Å². The Bertz CT molecular complexity index is 352. The van der Waals surface area contributed by atoms with Crippen molar-refractivity contribution in [2.24, 2.45) is 0 Å². The van der Waals surface area contributed by atoms with Crippen LogP contribution >= 0.6 is 15.9 Å². The monoisotopic (exact) mass is 258 g/mol. The summed E-state index contributed by atoms with van der Waals surface area (Å²) >= 11 is 3.32. The maximum absolute atomic E-state index is 11.0. The largest absolute Gasteiger partial charge is 0.463 e. The second-order valence-electron chi connectivity index (χ2n) is 2.82. The summed E-state index contributed by atoms with van der Waals surface area (Å²) in [5, 5.41) is 0.779. The summed E-state index contributed by atoms with van der Waals surface area (Å²) in [6.07, 6.45) is 1.86. The van der Waals surface area contributed by atoms with Crippen LogP contribution in [0.25, 0.3) is 6.08 Å². The Balaban J connectivity index is 2.83. The Kier molecular flexibility index (Phi) is 3.95. The minimum atomic E-state index is -0.457. The van der Waals surface area contributed by atoms with E-state index in [-0.39, 0.29) is 5.76 Å². The first-order valence-corrected chi connectivity index (χ1v) is 5.21. The van der Waals surface area contributed by atoms with Gasteiger partial charge in [-0.1, -0.05) is 21.5 Å². The Labute approximate surface area is 90.9 Å². The van der Waals surface area contributed by atoms with E-state index in [1.165, 1.54) is 7.11 Å². The molecular formula is C10H11BrO3. The maximum Gasteiger partial charge on any atom is 0.373 e. The van der Waals surface area contributed by atoms with Gasteiger partial charge in [-0.05, 0) is 25.1 Å². The van der Waals surface area contributed by atoms with Gasteiger partial charge in [0.1, 0.15) is 5.76 Å². The Hall–Kier alpha value is -1.03. The first kappa shape index (κ1) is 11.0. The normalized spacial score (nSPS) is 11.5. The highest BCUT2D eigenvalue weighted by Crippen LogP contribution is 2.13. The lowest BCUT2D eigenvalue weighted by Gasteiger charge is -1.93. The van der Waals surface area contributed by atoms with Gasteiger partial charge in [-0.25, -0.2) is 4.79 Å². The van der Waals surface area contributed by atoms with E-state index in [0.717, 1.165) is 10.9 Å². The van der Waals surface area contributed by atoms with E-state index in [9.17, 15) is 4.79 Å². The van der Waals surface area contributed by atoms with Crippen molar-refractivity contribution in [2.75, 3.05) is 12.4 Å². The molecule has 1 rings (SSSR count). The maximum atomic E-state index is 11.0. The summed E-state index contributed by atoms with van der Waals surface area (Å²) in [6.45, 7) is 1.97. The van der Waals surface area contributed by atoms with Crippen molar-refractivity contribution >= 4 is 28.0 Å². The number of allylic oxidation sites excluding steroid dienone is 1. The topological polar surface area (TPSA) is 39.4 Å². The van der Waals surface area contributed by atoms with Crippen LogP contribution in [0, 0.1) is 0 Å². The van der Waals surface area contributed by atoms with Crippen LogP contribution in [0.1, 0.15) is 23.2 Å². The van der Waals surface area contributed by atoms with Gasteiger partial charge >= 0.3 is 5.97 Å². The van der Waals surface area contributed by atoms with Crippen LogP contribution in [0.4, 0.5) is 0 Å². The molecule has 0 aliphatic carbocycles. The first-order chi connectivity index (χ1) is 6.67. The molecule has 3 nitrogen and oxygen atoms in total. The molecule has 0 radical (unpaired) electrons. The number of carbonyl (C=O) groups is 1. The summed E-state index contributed by atoms with van der Waals surface area (Å²) in [6, 6.07) is 3.33. The van der Waals surface area contributed by atoms with E-state index in [1.54, 1.807) is 12.1 Å². The molecule has 0 aliphatic rings. The van der Waals surface area contributed by atoms with E-state index < -0.39 is 5.97 Å². The van der Waals surface area contributed by atoms with Crippen molar-refractivity contribution in [1.29, 1.82) is 0 Å². The average molecular weight is 259 g/mol. The Morgan fingerprint density at radius 1 is 1.64 bits per heavy atom. The SMILES string of the molecule is COC(=O)c1ccc(C=C(C)CBr)o1. The van der Waals surface area contributed by atoms with Gasteiger partial charge in [0.25, 0.3) is 0 Å². The molecule has 0 saturated carbocycles. The van der Waals surface area contributed by atoms with Crippen LogP contribution in [-0.4, -0.2) is 18.4 Å². The number of esters is 1. The quantitative estimate of drug-likeness (QED) is 0.619. The van der Waals surface area contributed by atoms with Crippen molar-refractivity contribution in [3.8, 4) is 0 Å². The molecule has 0 atom stereocenters. The second kappa shape index (κ2) is 5.00. The van der Waals surface area contributed by atoms with Crippen LogP contribution in [0.2, 0.25) is 0 Å². The number of ether oxygens (including phenoxy) is 1. The number of hydrogen-bond donors (Lipinski definition) is 0. The van der Waals surface area contributed by atoms with E-state index in [0.29, 0.717) is 5.76 Å². The van der Waals surface area contributed by atoms with Gasteiger partial charge in [0, 0.05) is 5.33 Å². The van der Waals surface area contributed by atoms with Crippen LogP contribution in [0.3, 0.4) is 0 Å².